The van der Waals surface area contributed by atoms with E-state index in [0.717, 1.165) is 11.5 Å². The van der Waals surface area contributed by atoms with Crippen molar-refractivity contribution in [3.05, 3.63) is 22.2 Å². The van der Waals surface area contributed by atoms with Crippen molar-refractivity contribution in [1.29, 1.82) is 0 Å². The van der Waals surface area contributed by atoms with Crippen LogP contribution in [-0.4, -0.2) is 11.1 Å². The lowest BCUT2D eigenvalue weighted by atomic mass is 10.4. The largest absolute Gasteiger partial charge is 0.481 e. The maximum atomic E-state index is 9.37. The molecule has 3 nitrogen and oxygen atoms in total. The molecule has 1 aromatic carbocycles. The molecule has 2 rings (SSSR count). The van der Waals surface area contributed by atoms with Gasteiger partial charge in [-0.3, -0.25) is 4.79 Å². The highest BCUT2D eigenvalue weighted by Crippen LogP contribution is 2.52. The number of carboxylic acids is 1. The molecule has 1 heterocycles. The van der Waals surface area contributed by atoms with Gasteiger partial charge in [-0.1, -0.05) is 30.1 Å². The van der Waals surface area contributed by atoms with Crippen molar-refractivity contribution in [3.63, 3.8) is 0 Å². The second-order valence-corrected chi connectivity index (χ2v) is 3.32. The second-order valence-electron chi connectivity index (χ2n) is 2.54. The van der Waals surface area contributed by atoms with E-state index < -0.39 is 5.97 Å². The van der Waals surface area contributed by atoms with Gasteiger partial charge in [-0.2, -0.15) is 0 Å². The summed E-state index contributed by atoms with van der Waals surface area (Å²) in [6.45, 7) is 1.60. The van der Waals surface area contributed by atoms with E-state index in [1.165, 1.54) is 0 Å². The summed E-state index contributed by atoms with van der Waals surface area (Å²) < 4.78 is 4.93. The fourth-order valence-corrected chi connectivity index (χ4v) is 1.02. The van der Waals surface area contributed by atoms with Crippen LogP contribution in [0.3, 0.4) is 0 Å². The third-order valence-corrected chi connectivity index (χ3v) is 2.27. The minimum Gasteiger partial charge on any atom is -0.481 e. The molecule has 0 aliphatic carbocycles. The molecular weight excluding hydrogens is 227 g/mol. The quantitative estimate of drug-likeness (QED) is 0.768. The summed E-state index contributed by atoms with van der Waals surface area (Å²) in [6.07, 6.45) is 0.222. The van der Waals surface area contributed by atoms with Crippen molar-refractivity contribution in [2.24, 2.45) is 0 Å². The molecule has 0 amide bonds. The molecule has 76 valence electrons. The predicted octanol–water partition coefficient (Wildman–Crippen LogP) is 3.58. The standard InChI is InChI=1S/C6H2Cl2O.C3H6O2/c7-3-1-2-4-6(9-4)5(3)8;1-2-3(4)5/h1-2H;2H2,1H3,(H,4,5). The lowest BCUT2D eigenvalue weighted by Gasteiger charge is -1.83. The van der Waals surface area contributed by atoms with Crippen LogP contribution < -0.4 is 4.74 Å². The minimum absolute atomic E-state index is 0.222. The molecule has 0 saturated heterocycles. The monoisotopic (exact) mass is 234 g/mol. The zero-order valence-corrected chi connectivity index (χ0v) is 8.89. The Kier molecular flexibility index (Phi) is 3.61. The Balaban J connectivity index is 0.000000171. The fraction of sp³-hybridized carbons (Fsp3) is 0.222. The molecular formula is C9H8Cl2O3. The van der Waals surface area contributed by atoms with Crippen LogP contribution in [0.25, 0.3) is 0 Å². The van der Waals surface area contributed by atoms with Crippen molar-refractivity contribution in [1.82, 2.24) is 0 Å². The third-order valence-electron chi connectivity index (χ3n) is 1.49. The van der Waals surface area contributed by atoms with Gasteiger partial charge < -0.3 is 9.84 Å². The summed E-state index contributed by atoms with van der Waals surface area (Å²) in [4.78, 5) is 9.37. The number of fused-ring (bicyclic) bond motifs is 1. The molecule has 1 aliphatic heterocycles. The maximum absolute atomic E-state index is 9.37. The highest BCUT2D eigenvalue weighted by molar-refractivity contribution is 6.43. The molecule has 0 unspecified atom stereocenters. The first-order valence-corrected chi connectivity index (χ1v) is 4.69. The van der Waals surface area contributed by atoms with Crippen molar-refractivity contribution in [3.8, 4) is 11.5 Å². The van der Waals surface area contributed by atoms with E-state index in [1.807, 2.05) is 0 Å². The molecule has 1 aromatic rings. The topological polar surface area (TPSA) is 49.8 Å². The first-order chi connectivity index (χ1) is 6.56. The number of hydrogen-bond donors (Lipinski definition) is 1. The number of carbonyl (C=O) groups is 1. The van der Waals surface area contributed by atoms with Gasteiger partial charge in [0, 0.05) is 6.42 Å². The van der Waals surface area contributed by atoms with E-state index in [1.54, 1.807) is 19.1 Å². The van der Waals surface area contributed by atoms with E-state index in [4.69, 9.17) is 33.0 Å². The molecule has 5 heteroatoms. The van der Waals surface area contributed by atoms with Gasteiger partial charge in [0.1, 0.15) is 5.02 Å². The van der Waals surface area contributed by atoms with Gasteiger partial charge in [0.05, 0.1) is 5.02 Å². The Bertz CT molecular complexity index is 360. The average molecular weight is 235 g/mol. The van der Waals surface area contributed by atoms with E-state index >= 15 is 0 Å². The maximum Gasteiger partial charge on any atom is 0.303 e. The van der Waals surface area contributed by atoms with Gasteiger partial charge in [0.2, 0.25) is 0 Å². The van der Waals surface area contributed by atoms with Gasteiger partial charge >= 0.3 is 5.97 Å². The van der Waals surface area contributed by atoms with Crippen molar-refractivity contribution in [2.75, 3.05) is 0 Å². The van der Waals surface area contributed by atoms with Gasteiger partial charge in [-0.05, 0) is 12.1 Å². The smallest absolute Gasteiger partial charge is 0.303 e. The van der Waals surface area contributed by atoms with E-state index in [0.29, 0.717) is 10.0 Å². The van der Waals surface area contributed by atoms with Gasteiger partial charge in [-0.15, -0.1) is 0 Å². The summed E-state index contributed by atoms with van der Waals surface area (Å²) in [7, 11) is 0. The number of aliphatic carboxylic acids is 1. The van der Waals surface area contributed by atoms with E-state index in [-0.39, 0.29) is 6.42 Å². The molecule has 1 N–H and O–H groups in total. The number of carboxylic acid groups (broad SMARTS) is 1. The molecule has 0 spiro atoms. The number of halogens is 2. The molecule has 0 bridgehead atoms. The van der Waals surface area contributed by atoms with Crippen molar-refractivity contribution in [2.45, 2.75) is 13.3 Å². The molecule has 0 aromatic heterocycles. The number of hydrogen-bond acceptors (Lipinski definition) is 2. The van der Waals surface area contributed by atoms with Crippen LogP contribution in [0, 0.1) is 0 Å². The summed E-state index contributed by atoms with van der Waals surface area (Å²) >= 11 is 11.3. The zero-order valence-electron chi connectivity index (χ0n) is 7.38. The van der Waals surface area contributed by atoms with E-state index in [2.05, 4.69) is 0 Å². The summed E-state index contributed by atoms with van der Waals surface area (Å²) in [5.41, 5.74) is 0. The summed E-state index contributed by atoms with van der Waals surface area (Å²) in [6, 6.07) is 3.51. The third kappa shape index (κ3) is 2.79. The van der Waals surface area contributed by atoms with E-state index in [9.17, 15) is 4.79 Å². The first-order valence-electron chi connectivity index (χ1n) is 3.94. The normalized spacial score (nSPS) is 10.5. The molecule has 14 heavy (non-hydrogen) atoms. The lowest BCUT2D eigenvalue weighted by Crippen LogP contribution is -1.86. The molecule has 0 atom stereocenters. The number of ether oxygens (including phenoxy) is 1. The first kappa shape index (κ1) is 11.1. The van der Waals surface area contributed by atoms with Crippen LogP contribution >= 0.6 is 23.2 Å². The molecule has 0 saturated carbocycles. The summed E-state index contributed by atoms with van der Waals surface area (Å²) in [5, 5.41) is 8.79. The van der Waals surface area contributed by atoms with Crippen LogP contribution in [-0.2, 0) is 4.79 Å². The van der Waals surface area contributed by atoms with Gasteiger partial charge in [-0.25, -0.2) is 0 Å². The molecule has 0 fully saturated rings. The van der Waals surface area contributed by atoms with Crippen LogP contribution in [0.15, 0.2) is 12.1 Å². The van der Waals surface area contributed by atoms with Crippen molar-refractivity contribution < 1.29 is 14.6 Å². The minimum atomic E-state index is -0.745. The number of rotatable bonds is 1. The zero-order chi connectivity index (χ0) is 10.7. The highest BCUT2D eigenvalue weighted by atomic mass is 35.5. The predicted molar refractivity (Wildman–Crippen MR) is 54.5 cm³/mol. The summed E-state index contributed by atoms with van der Waals surface area (Å²) in [5.74, 6) is 0.818. The van der Waals surface area contributed by atoms with Gasteiger partial charge in [0.15, 0.2) is 11.5 Å². The lowest BCUT2D eigenvalue weighted by molar-refractivity contribution is -0.136. The van der Waals surface area contributed by atoms with Crippen LogP contribution in [0.4, 0.5) is 0 Å². The Hall–Kier alpha value is -0.930. The van der Waals surface area contributed by atoms with Crippen molar-refractivity contribution >= 4 is 29.2 Å². The second kappa shape index (κ2) is 4.53. The highest BCUT2D eigenvalue weighted by Gasteiger charge is 2.24. The van der Waals surface area contributed by atoms with Crippen LogP contribution in [0.5, 0.6) is 11.5 Å². The van der Waals surface area contributed by atoms with Crippen LogP contribution in [0.2, 0.25) is 10.0 Å². The Morgan fingerprint density at radius 1 is 1.50 bits per heavy atom. The molecule has 1 aliphatic rings. The van der Waals surface area contributed by atoms with Gasteiger partial charge in [0.25, 0.3) is 0 Å². The Morgan fingerprint density at radius 3 is 2.50 bits per heavy atom. The number of benzene rings is 1. The Morgan fingerprint density at radius 2 is 2.07 bits per heavy atom. The fourth-order valence-electron chi connectivity index (χ4n) is 0.678. The Labute approximate surface area is 91.2 Å². The SMILES string of the molecule is CCC(=O)O.Clc1ccc2c(c1Cl)O2. The van der Waals surface area contributed by atoms with Crippen LogP contribution in [0.1, 0.15) is 13.3 Å². The average Bonchev–Trinajstić information content (AvgIpc) is 2.92. The molecule has 0 radical (unpaired) electrons.